The van der Waals surface area contributed by atoms with E-state index in [2.05, 4.69) is 18.7 Å². The van der Waals surface area contributed by atoms with Gasteiger partial charge >= 0.3 is 0 Å². The molecule has 1 heterocycles. The molecule has 1 N–H and O–H groups in total. The van der Waals surface area contributed by atoms with Gasteiger partial charge in [-0.05, 0) is 56.0 Å². The molecule has 0 bridgehead atoms. The van der Waals surface area contributed by atoms with Gasteiger partial charge in [-0.2, -0.15) is 4.73 Å². The molecule has 0 fully saturated rings. The molecule has 0 radical (unpaired) electrons. The number of hydrogen-bond acceptors (Lipinski definition) is 4. The summed E-state index contributed by atoms with van der Waals surface area (Å²) in [5, 5.41) is 12.8. The second kappa shape index (κ2) is 10.2. The first-order chi connectivity index (χ1) is 15.8. The maximum absolute atomic E-state index is 13.6. The molecular formula is C25H28Cl3N3O2. The lowest BCUT2D eigenvalue weighted by molar-refractivity contribution is 0.162. The number of benzene rings is 1. The van der Waals surface area contributed by atoms with Crippen molar-refractivity contribution in [3.8, 4) is 0 Å². The Morgan fingerprint density at radius 1 is 1.18 bits per heavy atom. The molecule has 176 valence electrons. The van der Waals surface area contributed by atoms with Gasteiger partial charge in [-0.25, -0.2) is 0 Å². The zero-order valence-electron chi connectivity index (χ0n) is 18.8. The van der Waals surface area contributed by atoms with E-state index in [-0.39, 0.29) is 16.7 Å². The highest BCUT2D eigenvalue weighted by Gasteiger charge is 2.31. The largest absolute Gasteiger partial charge is 0.428 e. The van der Waals surface area contributed by atoms with Crippen LogP contribution < -0.4 is 16.0 Å². The van der Waals surface area contributed by atoms with E-state index in [4.69, 9.17) is 39.8 Å². The molecule has 0 saturated heterocycles. The predicted molar refractivity (Wildman–Crippen MR) is 137 cm³/mol. The summed E-state index contributed by atoms with van der Waals surface area (Å²) in [5.41, 5.74) is 2.71. The Morgan fingerprint density at radius 3 is 2.64 bits per heavy atom. The van der Waals surface area contributed by atoms with E-state index in [1.807, 2.05) is 18.2 Å². The fourth-order valence-corrected chi connectivity index (χ4v) is 5.24. The Kier molecular flexibility index (Phi) is 7.54. The fourth-order valence-electron chi connectivity index (χ4n) is 4.72. The molecule has 0 spiro atoms. The minimum absolute atomic E-state index is 0.0173. The molecule has 0 saturated carbocycles. The van der Waals surface area contributed by atoms with Crippen LogP contribution in [0.1, 0.15) is 49.4 Å². The summed E-state index contributed by atoms with van der Waals surface area (Å²) in [6, 6.07) is 5.60. The first kappa shape index (κ1) is 24.3. The first-order valence-electron chi connectivity index (χ1n) is 11.4. The highest BCUT2D eigenvalue weighted by atomic mass is 35.5. The minimum Gasteiger partial charge on any atom is -0.428 e. The first-order valence-corrected chi connectivity index (χ1v) is 12.6. The van der Waals surface area contributed by atoms with Crippen LogP contribution in [0.2, 0.25) is 10.0 Å². The third-order valence-electron chi connectivity index (χ3n) is 6.60. The number of halogens is 3. The van der Waals surface area contributed by atoms with Gasteiger partial charge in [-0.15, -0.1) is 11.6 Å². The van der Waals surface area contributed by atoms with Crippen LogP contribution in [0.4, 0.5) is 0 Å². The molecule has 5 nitrogen and oxygen atoms in total. The Balaban J connectivity index is 1.84. The van der Waals surface area contributed by atoms with Crippen molar-refractivity contribution < 1.29 is 5.21 Å². The van der Waals surface area contributed by atoms with E-state index in [0.717, 1.165) is 35.6 Å². The van der Waals surface area contributed by atoms with Crippen LogP contribution in [-0.2, 0) is 6.42 Å². The minimum atomic E-state index is -0.265. The zero-order valence-corrected chi connectivity index (χ0v) is 21.1. The van der Waals surface area contributed by atoms with Crippen molar-refractivity contribution in [2.24, 2.45) is 4.99 Å². The summed E-state index contributed by atoms with van der Waals surface area (Å²) in [5.74, 6) is 0.0173. The summed E-state index contributed by atoms with van der Waals surface area (Å²) >= 11 is 18.7. The Bertz CT molecular complexity index is 1270. The fraction of sp³-hybridized carbons (Fsp3) is 0.440. The monoisotopic (exact) mass is 507 g/mol. The van der Waals surface area contributed by atoms with Crippen molar-refractivity contribution >= 4 is 52.7 Å². The molecule has 33 heavy (non-hydrogen) atoms. The molecule has 0 aliphatic heterocycles. The molecular weight excluding hydrogens is 481 g/mol. The summed E-state index contributed by atoms with van der Waals surface area (Å²) < 4.78 is 1.16. The van der Waals surface area contributed by atoms with Gasteiger partial charge in [-0.1, -0.05) is 55.3 Å². The maximum atomic E-state index is 13.6. The molecule has 8 heteroatoms. The summed E-state index contributed by atoms with van der Waals surface area (Å²) in [6.07, 6.45) is 5.22. The third kappa shape index (κ3) is 4.88. The lowest BCUT2D eigenvalue weighted by Gasteiger charge is -2.28. The molecule has 2 aromatic rings. The van der Waals surface area contributed by atoms with Crippen LogP contribution in [0.3, 0.4) is 0 Å². The van der Waals surface area contributed by atoms with Crippen LogP contribution in [0.5, 0.6) is 0 Å². The van der Waals surface area contributed by atoms with Crippen molar-refractivity contribution in [1.82, 2.24) is 9.63 Å². The normalized spacial score (nSPS) is 20.8. The summed E-state index contributed by atoms with van der Waals surface area (Å²) in [7, 11) is 0. The predicted octanol–water partition coefficient (Wildman–Crippen LogP) is 3.83. The van der Waals surface area contributed by atoms with E-state index in [1.165, 1.54) is 0 Å². The zero-order chi connectivity index (χ0) is 23.7. The summed E-state index contributed by atoms with van der Waals surface area (Å²) in [6.45, 7) is 7.54. The van der Waals surface area contributed by atoms with E-state index in [0.29, 0.717) is 57.7 Å². The second-order valence-corrected chi connectivity index (χ2v) is 9.89. The van der Waals surface area contributed by atoms with E-state index < -0.39 is 0 Å². The lowest BCUT2D eigenvalue weighted by atomic mass is 9.80. The molecule has 1 aromatic carbocycles. The van der Waals surface area contributed by atoms with Crippen LogP contribution in [-0.4, -0.2) is 52.1 Å². The molecule has 2 atom stereocenters. The average molecular weight is 509 g/mol. The van der Waals surface area contributed by atoms with Gasteiger partial charge in [0.1, 0.15) is 0 Å². The highest BCUT2D eigenvalue weighted by molar-refractivity contribution is 6.42. The van der Waals surface area contributed by atoms with Crippen molar-refractivity contribution in [3.05, 3.63) is 65.9 Å². The molecule has 0 amide bonds. The molecule has 1 aromatic heterocycles. The Morgan fingerprint density at radius 2 is 1.94 bits per heavy atom. The van der Waals surface area contributed by atoms with Crippen molar-refractivity contribution in [2.75, 3.05) is 26.2 Å². The lowest BCUT2D eigenvalue weighted by Crippen LogP contribution is -2.52. The van der Waals surface area contributed by atoms with Crippen molar-refractivity contribution in [1.29, 1.82) is 0 Å². The van der Waals surface area contributed by atoms with Crippen LogP contribution in [0, 0.1) is 0 Å². The molecule has 2 aliphatic rings. The Labute approximate surface area is 208 Å². The van der Waals surface area contributed by atoms with Gasteiger partial charge in [0.05, 0.1) is 38.6 Å². The van der Waals surface area contributed by atoms with Crippen LogP contribution in [0.15, 0.2) is 28.0 Å². The molecule has 2 aliphatic carbocycles. The van der Waals surface area contributed by atoms with Gasteiger partial charge in [-0.3, -0.25) is 9.79 Å². The number of likely N-dealkylation sites (N-methyl/N-ethyl adjacent to an activating group) is 1. The van der Waals surface area contributed by atoms with Crippen LogP contribution >= 0.6 is 34.8 Å². The maximum Gasteiger partial charge on any atom is 0.198 e. The quantitative estimate of drug-likeness (QED) is 0.477. The van der Waals surface area contributed by atoms with Crippen LogP contribution in [0.25, 0.3) is 12.2 Å². The number of rotatable bonds is 6. The molecule has 2 unspecified atom stereocenters. The number of aromatic nitrogens is 1. The van der Waals surface area contributed by atoms with Gasteiger partial charge in [0.25, 0.3) is 0 Å². The van der Waals surface area contributed by atoms with E-state index in [1.54, 1.807) is 12.1 Å². The molecule has 4 rings (SSSR count). The highest BCUT2D eigenvalue weighted by Crippen LogP contribution is 2.34. The second-order valence-electron chi connectivity index (χ2n) is 8.52. The third-order valence-corrected chi connectivity index (χ3v) is 7.64. The van der Waals surface area contributed by atoms with Gasteiger partial charge < -0.3 is 10.1 Å². The van der Waals surface area contributed by atoms with E-state index >= 15 is 0 Å². The van der Waals surface area contributed by atoms with Gasteiger partial charge in [0.15, 0.2) is 5.43 Å². The topological polar surface area (TPSA) is 57.8 Å². The number of fused-ring (bicyclic) bond motifs is 2. The smallest absolute Gasteiger partial charge is 0.198 e. The standard InChI is InChI=1S/C25H28Cl3N3O2/c1-3-30(4-2)10-9-29-21-12-16(15-5-7-19(27)20(28)11-15)13-23-24(21)25(32)18-14-17(26)6-8-22(18)31(23)33/h5,7-8,11,14,16-17,33H,3-4,6,9-10,12-13H2,1-2H3. The van der Waals surface area contributed by atoms with Crippen molar-refractivity contribution in [2.45, 2.75) is 44.4 Å². The van der Waals surface area contributed by atoms with Gasteiger partial charge in [0.2, 0.25) is 0 Å². The average Bonchev–Trinajstić information content (AvgIpc) is 2.81. The Hall–Kier alpha value is -1.79. The number of alkyl halides is 1. The SMILES string of the molecule is CCN(CC)CCN=C1CC(c2ccc(Cl)c(Cl)c2)Cc2c1c(=O)c1c(n2O)=CCC(Cl)C=1. The number of nitrogens with zero attached hydrogens (tertiary/aromatic N) is 3. The number of pyridine rings is 1. The number of aliphatic imine (C=N–C) groups is 1. The van der Waals surface area contributed by atoms with Crippen molar-refractivity contribution in [3.63, 3.8) is 0 Å². The van der Waals surface area contributed by atoms with E-state index in [9.17, 15) is 10.0 Å². The summed E-state index contributed by atoms with van der Waals surface area (Å²) in [4.78, 5) is 20.7. The van der Waals surface area contributed by atoms with Gasteiger partial charge in [0, 0.05) is 17.5 Å². The number of hydrogen-bond donors (Lipinski definition) is 1.